The number of esters is 1. The van der Waals surface area contributed by atoms with Crippen molar-refractivity contribution in [3.8, 4) is 0 Å². The molecule has 1 aliphatic carbocycles. The minimum Gasteiger partial charge on any atom is -0.469 e. The Labute approximate surface area is 197 Å². The maximum Gasteiger partial charge on any atom is 0.308 e. The maximum atomic E-state index is 13.1. The van der Waals surface area contributed by atoms with E-state index >= 15 is 0 Å². The molecule has 2 heterocycles. The Hall–Kier alpha value is -3.20. The van der Waals surface area contributed by atoms with Crippen LogP contribution in [0.15, 0.2) is 40.8 Å². The van der Waals surface area contributed by atoms with Gasteiger partial charge in [0.25, 0.3) is 5.91 Å². The Morgan fingerprint density at radius 1 is 1.21 bits per heavy atom. The Balaban J connectivity index is 1.35. The number of nitrogens with zero attached hydrogens (tertiary/aromatic N) is 1. The van der Waals surface area contributed by atoms with E-state index in [1.807, 2.05) is 31.2 Å². The lowest BCUT2D eigenvalue weighted by Gasteiger charge is -2.43. The van der Waals surface area contributed by atoms with Crippen LogP contribution >= 0.6 is 12.2 Å². The quantitative estimate of drug-likeness (QED) is 0.496. The molecule has 0 spiro atoms. The SMILES string of the molecule is COC(=O)C1CCC2C(=O)N(Cc3ccc(C(=O)NCc4ccc(C)o4)cc3)C(=S)NC2C1. The van der Waals surface area contributed by atoms with Gasteiger partial charge in [-0.1, -0.05) is 12.1 Å². The van der Waals surface area contributed by atoms with Gasteiger partial charge in [-0.3, -0.25) is 19.3 Å². The highest BCUT2D eigenvalue weighted by atomic mass is 32.1. The number of benzene rings is 1. The van der Waals surface area contributed by atoms with Crippen LogP contribution in [0.1, 0.15) is 46.7 Å². The Morgan fingerprint density at radius 2 is 1.97 bits per heavy atom. The van der Waals surface area contributed by atoms with Gasteiger partial charge >= 0.3 is 5.97 Å². The number of ether oxygens (including phenoxy) is 1. The molecule has 0 radical (unpaired) electrons. The van der Waals surface area contributed by atoms with Crippen LogP contribution in [0.25, 0.3) is 0 Å². The molecule has 1 saturated heterocycles. The number of amides is 2. The van der Waals surface area contributed by atoms with E-state index in [9.17, 15) is 14.4 Å². The fourth-order valence-corrected chi connectivity index (χ4v) is 4.79. The summed E-state index contributed by atoms with van der Waals surface area (Å²) in [5.41, 5.74) is 1.39. The van der Waals surface area contributed by atoms with Crippen LogP contribution in [-0.2, 0) is 27.4 Å². The molecule has 8 nitrogen and oxygen atoms in total. The maximum absolute atomic E-state index is 13.1. The molecule has 9 heteroatoms. The molecule has 2 amide bonds. The summed E-state index contributed by atoms with van der Waals surface area (Å²) in [5, 5.41) is 6.44. The van der Waals surface area contributed by atoms with Gasteiger partial charge in [-0.15, -0.1) is 0 Å². The standard InChI is InChI=1S/C24H27N3O5S/c1-14-3-9-18(32-14)12-25-21(28)16-6-4-15(5-7-16)13-27-22(29)19-10-8-17(23(30)31-2)11-20(19)26-24(27)33/h3-7,9,17,19-20H,8,10-13H2,1-2H3,(H,25,28)(H,26,33). The zero-order valence-electron chi connectivity index (χ0n) is 18.6. The number of carbonyl (C=O) groups excluding carboxylic acids is 3. The van der Waals surface area contributed by atoms with Gasteiger partial charge in [0, 0.05) is 11.6 Å². The molecule has 174 valence electrons. The van der Waals surface area contributed by atoms with Gasteiger partial charge < -0.3 is 19.8 Å². The van der Waals surface area contributed by atoms with Crippen LogP contribution in [0.5, 0.6) is 0 Å². The number of thiocarbonyl (C=S) groups is 1. The van der Waals surface area contributed by atoms with E-state index < -0.39 is 0 Å². The van der Waals surface area contributed by atoms with E-state index in [0.717, 1.165) is 11.3 Å². The summed E-state index contributed by atoms with van der Waals surface area (Å²) in [5.74, 6) is 0.607. The van der Waals surface area contributed by atoms with Crippen molar-refractivity contribution in [2.24, 2.45) is 11.8 Å². The summed E-state index contributed by atoms with van der Waals surface area (Å²) < 4.78 is 10.3. The monoisotopic (exact) mass is 469 g/mol. The fourth-order valence-electron chi connectivity index (χ4n) is 4.49. The summed E-state index contributed by atoms with van der Waals surface area (Å²) in [6.07, 6.45) is 1.78. The lowest BCUT2D eigenvalue weighted by atomic mass is 9.76. The van der Waals surface area contributed by atoms with Crippen LogP contribution in [0, 0.1) is 18.8 Å². The number of nitrogens with one attached hydrogen (secondary N) is 2. The molecule has 0 bridgehead atoms. The number of rotatable bonds is 6. The second-order valence-electron chi connectivity index (χ2n) is 8.51. The Kier molecular flexibility index (Phi) is 6.78. The van der Waals surface area contributed by atoms with E-state index in [0.29, 0.717) is 48.8 Å². The molecule has 3 unspecified atom stereocenters. The summed E-state index contributed by atoms with van der Waals surface area (Å²) >= 11 is 5.46. The zero-order chi connectivity index (χ0) is 23.5. The number of hydrogen-bond acceptors (Lipinski definition) is 6. The fraction of sp³-hybridized carbons (Fsp3) is 0.417. The van der Waals surface area contributed by atoms with E-state index in [4.69, 9.17) is 21.4 Å². The predicted molar refractivity (Wildman–Crippen MR) is 124 cm³/mol. The number of methoxy groups -OCH3 is 1. The second-order valence-corrected chi connectivity index (χ2v) is 8.90. The molecule has 2 N–H and O–H groups in total. The average Bonchev–Trinajstić information content (AvgIpc) is 3.24. The molecule has 2 fully saturated rings. The summed E-state index contributed by atoms with van der Waals surface area (Å²) in [6.45, 7) is 2.49. The highest BCUT2D eigenvalue weighted by molar-refractivity contribution is 7.80. The molecule has 1 saturated carbocycles. The Morgan fingerprint density at radius 3 is 2.64 bits per heavy atom. The lowest BCUT2D eigenvalue weighted by Crippen LogP contribution is -2.61. The Bertz CT molecular complexity index is 1060. The first-order valence-electron chi connectivity index (χ1n) is 11.0. The van der Waals surface area contributed by atoms with E-state index in [-0.39, 0.29) is 35.7 Å². The first-order valence-corrected chi connectivity index (χ1v) is 11.4. The van der Waals surface area contributed by atoms with Crippen molar-refractivity contribution in [1.29, 1.82) is 0 Å². The molecule has 33 heavy (non-hydrogen) atoms. The molecular weight excluding hydrogens is 442 g/mol. The van der Waals surface area contributed by atoms with Gasteiger partial charge in [0.05, 0.1) is 32.0 Å². The van der Waals surface area contributed by atoms with Gasteiger partial charge in [-0.05, 0) is 68.2 Å². The van der Waals surface area contributed by atoms with Crippen molar-refractivity contribution in [2.45, 2.75) is 45.3 Å². The van der Waals surface area contributed by atoms with Crippen LogP contribution < -0.4 is 10.6 Å². The van der Waals surface area contributed by atoms with Crippen LogP contribution in [0.4, 0.5) is 0 Å². The largest absolute Gasteiger partial charge is 0.469 e. The number of aryl methyl sites for hydroxylation is 1. The molecule has 1 aromatic carbocycles. The van der Waals surface area contributed by atoms with Crippen LogP contribution in [-0.4, -0.2) is 40.9 Å². The highest BCUT2D eigenvalue weighted by Gasteiger charge is 2.44. The van der Waals surface area contributed by atoms with E-state index in [1.54, 1.807) is 17.0 Å². The van der Waals surface area contributed by atoms with Crippen molar-refractivity contribution in [1.82, 2.24) is 15.5 Å². The van der Waals surface area contributed by atoms with Crippen molar-refractivity contribution in [2.75, 3.05) is 7.11 Å². The van der Waals surface area contributed by atoms with Crippen LogP contribution in [0.3, 0.4) is 0 Å². The first-order chi connectivity index (χ1) is 15.9. The van der Waals surface area contributed by atoms with Gasteiger partial charge in [0.2, 0.25) is 5.91 Å². The third-order valence-corrected chi connectivity index (χ3v) is 6.64. The minimum absolute atomic E-state index is 0.0253. The number of carbonyl (C=O) groups is 3. The number of fused-ring (bicyclic) bond motifs is 1. The summed E-state index contributed by atoms with van der Waals surface area (Å²) in [7, 11) is 1.38. The number of furan rings is 1. The molecule has 2 aromatic rings. The van der Waals surface area contributed by atoms with Gasteiger partial charge in [0.1, 0.15) is 11.5 Å². The van der Waals surface area contributed by atoms with Gasteiger partial charge in [-0.2, -0.15) is 0 Å². The van der Waals surface area contributed by atoms with Gasteiger partial charge in [-0.25, -0.2) is 0 Å². The first kappa shape index (κ1) is 23.0. The van der Waals surface area contributed by atoms with Crippen molar-refractivity contribution >= 4 is 35.1 Å². The van der Waals surface area contributed by atoms with E-state index in [1.165, 1.54) is 7.11 Å². The topological polar surface area (TPSA) is 101 Å². The molecule has 4 rings (SSSR count). The smallest absolute Gasteiger partial charge is 0.308 e. The van der Waals surface area contributed by atoms with Gasteiger partial charge in [0.15, 0.2) is 5.11 Å². The van der Waals surface area contributed by atoms with Crippen molar-refractivity contribution < 1.29 is 23.5 Å². The van der Waals surface area contributed by atoms with Crippen LogP contribution in [0.2, 0.25) is 0 Å². The minimum atomic E-state index is -0.237. The lowest BCUT2D eigenvalue weighted by molar-refractivity contribution is -0.149. The number of hydrogen-bond donors (Lipinski definition) is 2. The average molecular weight is 470 g/mol. The van der Waals surface area contributed by atoms with Crippen molar-refractivity contribution in [3.63, 3.8) is 0 Å². The third kappa shape index (κ3) is 5.08. The van der Waals surface area contributed by atoms with Crippen molar-refractivity contribution in [3.05, 3.63) is 59.0 Å². The second kappa shape index (κ2) is 9.74. The summed E-state index contributed by atoms with van der Waals surface area (Å²) in [4.78, 5) is 39.0. The summed E-state index contributed by atoms with van der Waals surface area (Å²) in [6, 6.07) is 10.6. The molecule has 1 aliphatic heterocycles. The molecule has 2 aliphatic rings. The highest BCUT2D eigenvalue weighted by Crippen LogP contribution is 2.34. The zero-order valence-corrected chi connectivity index (χ0v) is 19.4. The van der Waals surface area contributed by atoms with E-state index in [2.05, 4.69) is 10.6 Å². The predicted octanol–water partition coefficient (Wildman–Crippen LogP) is 2.69. The molecular formula is C24H27N3O5S. The molecule has 1 aromatic heterocycles. The normalized spacial score (nSPS) is 22.4. The third-order valence-electron chi connectivity index (χ3n) is 6.30. The molecule has 3 atom stereocenters.